The lowest BCUT2D eigenvalue weighted by atomic mass is 10.2. The number of alkyl halides is 3. The van der Waals surface area contributed by atoms with Gasteiger partial charge in [-0.2, -0.15) is 17.5 Å². The van der Waals surface area contributed by atoms with E-state index >= 15 is 0 Å². The second-order valence-corrected chi connectivity index (χ2v) is 7.50. The van der Waals surface area contributed by atoms with Gasteiger partial charge < -0.3 is 5.11 Å². The fraction of sp³-hybridized carbons (Fsp3) is 0.333. The lowest BCUT2D eigenvalue weighted by Crippen LogP contribution is -2.36. The molecule has 1 N–H and O–H groups in total. The van der Waals surface area contributed by atoms with Gasteiger partial charge in [0.2, 0.25) is 10.0 Å². The van der Waals surface area contributed by atoms with Crippen LogP contribution in [0.4, 0.5) is 13.2 Å². The van der Waals surface area contributed by atoms with Crippen LogP contribution >= 0.6 is 11.3 Å². The smallest absolute Gasteiger partial charge is 0.391 e. The van der Waals surface area contributed by atoms with Crippen molar-refractivity contribution in [1.82, 2.24) is 4.31 Å². The number of hydrogen-bond donors (Lipinski definition) is 1. The highest BCUT2D eigenvalue weighted by Crippen LogP contribution is 2.36. The normalized spacial score (nSPS) is 13.2. The third kappa shape index (κ3) is 3.20. The summed E-state index contributed by atoms with van der Waals surface area (Å²) in [6, 6.07) is 6.45. The second-order valence-electron chi connectivity index (χ2n) is 4.38. The van der Waals surface area contributed by atoms with E-state index in [1.807, 2.05) is 0 Å². The van der Waals surface area contributed by atoms with Crippen molar-refractivity contribution in [3.63, 3.8) is 0 Å². The molecule has 0 aliphatic rings. The summed E-state index contributed by atoms with van der Waals surface area (Å²) in [5, 5.41) is 9.62. The fourth-order valence-electron chi connectivity index (χ4n) is 1.95. The Balaban J connectivity index is 2.59. The molecule has 0 atom stereocenters. The minimum absolute atomic E-state index is 0.130. The van der Waals surface area contributed by atoms with Gasteiger partial charge in [0, 0.05) is 17.1 Å². The zero-order valence-corrected chi connectivity index (χ0v) is 12.5. The molecule has 0 fully saturated rings. The summed E-state index contributed by atoms with van der Waals surface area (Å²) in [7, 11) is -3.46. The summed E-state index contributed by atoms with van der Waals surface area (Å²) in [5.74, 6) is 0. The van der Waals surface area contributed by atoms with Crippen molar-refractivity contribution in [3.05, 3.63) is 29.1 Å². The van der Waals surface area contributed by atoms with Gasteiger partial charge in [0.1, 0.15) is 11.4 Å². The van der Waals surface area contributed by atoms with Gasteiger partial charge in [-0.25, -0.2) is 8.42 Å². The van der Waals surface area contributed by atoms with Crippen LogP contribution in [0.15, 0.2) is 29.2 Å². The van der Waals surface area contributed by atoms with Gasteiger partial charge in [0.25, 0.3) is 0 Å². The van der Waals surface area contributed by atoms with Crippen molar-refractivity contribution in [2.45, 2.75) is 17.7 Å². The van der Waals surface area contributed by atoms with E-state index in [0.717, 1.165) is 18.4 Å². The topological polar surface area (TPSA) is 57.6 Å². The fourth-order valence-corrected chi connectivity index (χ4v) is 4.85. The monoisotopic (exact) mass is 339 g/mol. The van der Waals surface area contributed by atoms with Gasteiger partial charge >= 0.3 is 6.18 Å². The molecule has 0 radical (unpaired) electrons. The molecule has 0 aliphatic heterocycles. The molecule has 1 aromatic heterocycles. The molecule has 0 spiro atoms. The average molecular weight is 339 g/mol. The molecular weight excluding hydrogens is 327 g/mol. The third-order valence-corrected chi connectivity index (χ3v) is 6.05. The molecule has 0 aliphatic carbocycles. The number of nitrogens with zero attached hydrogens (tertiary/aromatic N) is 1. The highest BCUT2D eigenvalue weighted by molar-refractivity contribution is 7.89. The van der Waals surface area contributed by atoms with E-state index in [4.69, 9.17) is 0 Å². The zero-order valence-electron chi connectivity index (χ0n) is 10.9. The van der Waals surface area contributed by atoms with E-state index in [2.05, 4.69) is 0 Å². The largest absolute Gasteiger partial charge is 0.402 e. The number of thiophene rings is 1. The Morgan fingerprint density at radius 3 is 2.48 bits per heavy atom. The number of hydrogen-bond acceptors (Lipinski definition) is 4. The first-order chi connectivity index (χ1) is 9.66. The van der Waals surface area contributed by atoms with E-state index in [1.54, 1.807) is 18.2 Å². The van der Waals surface area contributed by atoms with Gasteiger partial charge in [0.05, 0.1) is 11.5 Å². The Labute approximate surface area is 123 Å². The van der Waals surface area contributed by atoms with E-state index in [9.17, 15) is 26.7 Å². The number of aliphatic hydroxyl groups excluding tert-OH is 1. The van der Waals surface area contributed by atoms with Gasteiger partial charge in [-0.15, -0.1) is 11.3 Å². The van der Waals surface area contributed by atoms with Crippen molar-refractivity contribution in [1.29, 1.82) is 0 Å². The van der Waals surface area contributed by atoms with E-state index < -0.39 is 29.4 Å². The molecule has 0 amide bonds. The molecule has 0 unspecified atom stereocenters. The van der Waals surface area contributed by atoms with Crippen LogP contribution in [0.3, 0.4) is 0 Å². The summed E-state index contributed by atoms with van der Waals surface area (Å²) in [4.78, 5) is -0.123. The number of benzene rings is 1. The highest BCUT2D eigenvalue weighted by atomic mass is 32.2. The first kappa shape index (κ1) is 16.2. The summed E-state index contributed by atoms with van der Waals surface area (Å²) < 4.78 is 62.9. The van der Waals surface area contributed by atoms with E-state index in [1.165, 1.54) is 6.07 Å². The van der Waals surface area contributed by atoms with Crippen LogP contribution in [-0.2, 0) is 16.6 Å². The van der Waals surface area contributed by atoms with Gasteiger partial charge in [-0.05, 0) is 6.07 Å². The second kappa shape index (κ2) is 5.56. The molecule has 2 aromatic rings. The summed E-state index contributed by atoms with van der Waals surface area (Å²) in [6.07, 6.45) is -4.63. The number of halogens is 3. The van der Waals surface area contributed by atoms with Crippen molar-refractivity contribution in [2.75, 3.05) is 13.6 Å². The number of sulfonamides is 1. The number of aliphatic hydroxyl groups is 1. The lowest BCUT2D eigenvalue weighted by Gasteiger charge is -2.19. The highest BCUT2D eigenvalue weighted by Gasteiger charge is 2.36. The Morgan fingerprint density at radius 2 is 1.90 bits per heavy atom. The molecule has 9 heteroatoms. The zero-order chi connectivity index (χ0) is 15.8. The minimum Gasteiger partial charge on any atom is -0.391 e. The van der Waals surface area contributed by atoms with Crippen LogP contribution in [0.1, 0.15) is 4.88 Å². The molecule has 21 heavy (non-hydrogen) atoms. The van der Waals surface area contributed by atoms with E-state index in [-0.39, 0.29) is 14.1 Å². The quantitative estimate of drug-likeness (QED) is 0.931. The molecule has 0 saturated carbocycles. The summed E-state index contributed by atoms with van der Waals surface area (Å²) in [6.45, 7) is -2.13. The first-order valence-electron chi connectivity index (χ1n) is 5.81. The SMILES string of the molecule is CN(CC(F)(F)F)S(=O)(=O)c1c(CO)sc2ccccc12. The lowest BCUT2D eigenvalue weighted by molar-refractivity contribution is -0.134. The van der Waals surface area contributed by atoms with Gasteiger partial charge in [-0.3, -0.25) is 0 Å². The predicted molar refractivity (Wildman–Crippen MR) is 73.6 cm³/mol. The molecule has 2 rings (SSSR count). The van der Waals surface area contributed by atoms with Gasteiger partial charge in [0.15, 0.2) is 0 Å². The van der Waals surface area contributed by atoms with E-state index in [0.29, 0.717) is 10.1 Å². The molecule has 116 valence electrons. The average Bonchev–Trinajstić information content (AvgIpc) is 2.75. The molecule has 0 saturated heterocycles. The number of rotatable bonds is 4. The Hall–Kier alpha value is -1.16. The Kier molecular flexibility index (Phi) is 4.29. The van der Waals surface area contributed by atoms with Crippen LogP contribution in [0, 0.1) is 0 Å². The molecule has 1 aromatic carbocycles. The van der Waals surface area contributed by atoms with Crippen molar-refractivity contribution in [2.24, 2.45) is 0 Å². The molecule has 4 nitrogen and oxygen atoms in total. The van der Waals surface area contributed by atoms with Crippen LogP contribution in [0.25, 0.3) is 10.1 Å². The minimum atomic E-state index is -4.63. The number of fused-ring (bicyclic) bond motifs is 1. The Morgan fingerprint density at radius 1 is 1.29 bits per heavy atom. The molecule has 1 heterocycles. The van der Waals surface area contributed by atoms with Crippen LogP contribution in [0.5, 0.6) is 0 Å². The Bertz CT molecular complexity index is 753. The standard InChI is InChI=1S/C12H12F3NO3S2/c1-16(7-12(13,14)15)21(18,19)11-8-4-2-3-5-9(8)20-10(11)6-17/h2-5,17H,6-7H2,1H3. The first-order valence-corrected chi connectivity index (χ1v) is 8.07. The van der Waals surface area contributed by atoms with Crippen LogP contribution in [-0.4, -0.2) is 37.6 Å². The summed E-state index contributed by atoms with van der Waals surface area (Å²) in [5.41, 5.74) is 0. The molecule has 0 bridgehead atoms. The maximum Gasteiger partial charge on any atom is 0.402 e. The predicted octanol–water partition coefficient (Wildman–Crippen LogP) is 2.58. The maximum absolute atomic E-state index is 12.4. The van der Waals surface area contributed by atoms with Crippen molar-refractivity contribution >= 4 is 31.4 Å². The van der Waals surface area contributed by atoms with Crippen molar-refractivity contribution < 1.29 is 26.7 Å². The maximum atomic E-state index is 12.4. The van der Waals surface area contributed by atoms with Crippen LogP contribution < -0.4 is 0 Å². The van der Waals surface area contributed by atoms with Gasteiger partial charge in [-0.1, -0.05) is 18.2 Å². The molecular formula is C12H12F3NO3S2. The van der Waals surface area contributed by atoms with Crippen LogP contribution in [0.2, 0.25) is 0 Å². The summed E-state index contributed by atoms with van der Waals surface area (Å²) >= 11 is 1.05. The van der Waals surface area contributed by atoms with Crippen molar-refractivity contribution in [3.8, 4) is 0 Å². The third-order valence-electron chi connectivity index (χ3n) is 2.83.